The van der Waals surface area contributed by atoms with Gasteiger partial charge in [0.25, 0.3) is 0 Å². The van der Waals surface area contributed by atoms with Crippen LogP contribution in [0.2, 0.25) is 0 Å². The molecular formula is C21H25N3OS. The molecule has 5 heteroatoms. The predicted octanol–water partition coefficient (Wildman–Crippen LogP) is 5.35. The normalized spacial score (nSPS) is 12.2. The second-order valence-corrected chi connectivity index (χ2v) is 7.33. The van der Waals surface area contributed by atoms with Gasteiger partial charge in [-0.2, -0.15) is 0 Å². The number of hydrogen-bond acceptors (Lipinski definition) is 4. The highest BCUT2D eigenvalue weighted by molar-refractivity contribution is 7.98. The highest BCUT2D eigenvalue weighted by atomic mass is 32.2. The first-order chi connectivity index (χ1) is 12.6. The molecule has 3 aromatic rings. The summed E-state index contributed by atoms with van der Waals surface area (Å²) in [6, 6.07) is 16.7. The standard InChI is InChI=1S/C21H25N3OS/c1-5-24-20(17(4)25-19-9-7-6-8-16(19)3)22-23-21(24)26-14-18-12-10-15(2)11-13-18/h6-13,17H,5,14H2,1-4H3. The minimum absolute atomic E-state index is 0.155. The van der Waals surface area contributed by atoms with Crippen molar-refractivity contribution in [2.45, 2.75) is 51.3 Å². The Kier molecular flexibility index (Phi) is 5.99. The summed E-state index contributed by atoms with van der Waals surface area (Å²) < 4.78 is 8.27. The number of aryl methyl sites for hydroxylation is 2. The molecule has 1 atom stereocenters. The summed E-state index contributed by atoms with van der Waals surface area (Å²) in [6.45, 7) is 9.11. The van der Waals surface area contributed by atoms with Crippen molar-refractivity contribution in [3.63, 3.8) is 0 Å². The van der Waals surface area contributed by atoms with Crippen LogP contribution in [0.3, 0.4) is 0 Å². The number of aromatic nitrogens is 3. The van der Waals surface area contributed by atoms with Crippen LogP contribution >= 0.6 is 11.8 Å². The van der Waals surface area contributed by atoms with Crippen molar-refractivity contribution in [3.8, 4) is 5.75 Å². The molecule has 0 saturated carbocycles. The summed E-state index contributed by atoms with van der Waals surface area (Å²) in [4.78, 5) is 0. The molecule has 3 rings (SSSR count). The molecular weight excluding hydrogens is 342 g/mol. The molecule has 0 N–H and O–H groups in total. The molecule has 0 amide bonds. The molecule has 0 aliphatic carbocycles. The van der Waals surface area contributed by atoms with E-state index in [0.717, 1.165) is 34.6 Å². The molecule has 1 heterocycles. The van der Waals surface area contributed by atoms with Gasteiger partial charge in [-0.05, 0) is 44.9 Å². The summed E-state index contributed by atoms with van der Waals surface area (Å²) in [6.07, 6.45) is -0.155. The maximum Gasteiger partial charge on any atom is 0.191 e. The number of benzene rings is 2. The molecule has 2 aromatic carbocycles. The first kappa shape index (κ1) is 18.5. The van der Waals surface area contributed by atoms with Gasteiger partial charge < -0.3 is 9.30 Å². The van der Waals surface area contributed by atoms with Crippen LogP contribution in [0, 0.1) is 13.8 Å². The SMILES string of the molecule is CCn1c(SCc2ccc(C)cc2)nnc1C(C)Oc1ccccc1C. The number of ether oxygens (including phenoxy) is 1. The summed E-state index contributed by atoms with van der Waals surface area (Å²) in [5, 5.41) is 9.74. The molecule has 0 aliphatic rings. The number of thioether (sulfide) groups is 1. The van der Waals surface area contributed by atoms with Crippen LogP contribution in [0.25, 0.3) is 0 Å². The third-order valence-corrected chi connectivity index (χ3v) is 5.35. The smallest absolute Gasteiger partial charge is 0.191 e. The topological polar surface area (TPSA) is 39.9 Å². The molecule has 4 nitrogen and oxygen atoms in total. The van der Waals surface area contributed by atoms with E-state index in [9.17, 15) is 0 Å². The fraction of sp³-hybridized carbons (Fsp3) is 0.333. The number of para-hydroxylation sites is 1. The van der Waals surface area contributed by atoms with Gasteiger partial charge in [0.1, 0.15) is 5.75 Å². The summed E-state index contributed by atoms with van der Waals surface area (Å²) in [5.41, 5.74) is 3.69. The van der Waals surface area contributed by atoms with Gasteiger partial charge >= 0.3 is 0 Å². The zero-order chi connectivity index (χ0) is 18.5. The van der Waals surface area contributed by atoms with E-state index in [4.69, 9.17) is 4.74 Å². The lowest BCUT2D eigenvalue weighted by atomic mass is 10.2. The Bertz CT molecular complexity index is 858. The Morgan fingerprint density at radius 2 is 1.77 bits per heavy atom. The van der Waals surface area contributed by atoms with Gasteiger partial charge in [-0.25, -0.2) is 0 Å². The van der Waals surface area contributed by atoms with Crippen molar-refractivity contribution in [2.24, 2.45) is 0 Å². The van der Waals surface area contributed by atoms with Gasteiger partial charge in [0.2, 0.25) is 0 Å². The van der Waals surface area contributed by atoms with Crippen LogP contribution < -0.4 is 4.74 Å². The number of nitrogens with zero attached hydrogens (tertiary/aromatic N) is 3. The van der Waals surface area contributed by atoms with Gasteiger partial charge in [0, 0.05) is 12.3 Å². The van der Waals surface area contributed by atoms with E-state index in [2.05, 4.69) is 65.9 Å². The monoisotopic (exact) mass is 367 g/mol. The third-order valence-electron chi connectivity index (χ3n) is 4.31. The van der Waals surface area contributed by atoms with Crippen LogP contribution in [0.15, 0.2) is 53.7 Å². The second-order valence-electron chi connectivity index (χ2n) is 6.38. The Morgan fingerprint density at radius 1 is 1.04 bits per heavy atom. The van der Waals surface area contributed by atoms with Gasteiger partial charge in [0.15, 0.2) is 17.1 Å². The Hall–Kier alpha value is -2.27. The maximum absolute atomic E-state index is 6.13. The summed E-state index contributed by atoms with van der Waals surface area (Å²) in [7, 11) is 0. The number of hydrogen-bond donors (Lipinski definition) is 0. The van der Waals surface area contributed by atoms with Gasteiger partial charge in [-0.1, -0.05) is 59.8 Å². The highest BCUT2D eigenvalue weighted by Gasteiger charge is 2.19. The van der Waals surface area contributed by atoms with E-state index in [1.54, 1.807) is 11.8 Å². The third kappa shape index (κ3) is 4.28. The predicted molar refractivity (Wildman–Crippen MR) is 107 cm³/mol. The molecule has 1 aromatic heterocycles. The molecule has 26 heavy (non-hydrogen) atoms. The lowest BCUT2D eigenvalue weighted by molar-refractivity contribution is 0.208. The van der Waals surface area contributed by atoms with Crippen LogP contribution in [-0.2, 0) is 12.3 Å². The molecule has 0 radical (unpaired) electrons. The van der Waals surface area contributed by atoms with Crippen molar-refractivity contribution < 1.29 is 4.74 Å². The first-order valence-electron chi connectivity index (χ1n) is 8.92. The van der Waals surface area contributed by atoms with Crippen LogP contribution in [0.4, 0.5) is 0 Å². The van der Waals surface area contributed by atoms with Crippen molar-refractivity contribution in [1.29, 1.82) is 0 Å². The maximum atomic E-state index is 6.13. The molecule has 0 spiro atoms. The van der Waals surface area contributed by atoms with Gasteiger partial charge in [-0.15, -0.1) is 10.2 Å². The Labute approximate surface area is 159 Å². The van der Waals surface area contributed by atoms with Crippen LogP contribution in [0.5, 0.6) is 5.75 Å². The fourth-order valence-corrected chi connectivity index (χ4v) is 3.73. The van der Waals surface area contributed by atoms with E-state index in [1.807, 2.05) is 25.1 Å². The Balaban J connectivity index is 1.72. The largest absolute Gasteiger partial charge is 0.482 e. The first-order valence-corrected chi connectivity index (χ1v) is 9.90. The van der Waals surface area contributed by atoms with E-state index < -0.39 is 0 Å². The van der Waals surface area contributed by atoms with Crippen molar-refractivity contribution >= 4 is 11.8 Å². The fourth-order valence-electron chi connectivity index (χ4n) is 2.77. The minimum Gasteiger partial charge on any atom is -0.482 e. The van der Waals surface area contributed by atoms with Crippen molar-refractivity contribution in [2.75, 3.05) is 0 Å². The zero-order valence-corrected chi connectivity index (χ0v) is 16.6. The molecule has 0 saturated heterocycles. The van der Waals surface area contributed by atoms with E-state index in [0.29, 0.717) is 0 Å². The average molecular weight is 368 g/mol. The van der Waals surface area contributed by atoms with Gasteiger partial charge in [-0.3, -0.25) is 0 Å². The second kappa shape index (κ2) is 8.41. The highest BCUT2D eigenvalue weighted by Crippen LogP contribution is 2.27. The Morgan fingerprint density at radius 3 is 2.46 bits per heavy atom. The molecule has 0 bridgehead atoms. The number of rotatable bonds is 7. The minimum atomic E-state index is -0.155. The van der Waals surface area contributed by atoms with E-state index in [-0.39, 0.29) is 6.10 Å². The van der Waals surface area contributed by atoms with Crippen molar-refractivity contribution in [1.82, 2.24) is 14.8 Å². The lowest BCUT2D eigenvalue weighted by Gasteiger charge is -2.17. The summed E-state index contributed by atoms with van der Waals surface area (Å²) >= 11 is 1.71. The molecule has 1 unspecified atom stereocenters. The lowest BCUT2D eigenvalue weighted by Crippen LogP contribution is -2.12. The van der Waals surface area contributed by atoms with E-state index >= 15 is 0 Å². The van der Waals surface area contributed by atoms with Crippen LogP contribution in [-0.4, -0.2) is 14.8 Å². The molecule has 0 aliphatic heterocycles. The molecule has 0 fully saturated rings. The van der Waals surface area contributed by atoms with Crippen molar-refractivity contribution in [3.05, 3.63) is 71.0 Å². The quantitative estimate of drug-likeness (QED) is 0.528. The average Bonchev–Trinajstić information content (AvgIpc) is 3.06. The van der Waals surface area contributed by atoms with Gasteiger partial charge in [0.05, 0.1) is 0 Å². The van der Waals surface area contributed by atoms with E-state index in [1.165, 1.54) is 11.1 Å². The summed E-state index contributed by atoms with van der Waals surface area (Å²) in [5.74, 6) is 2.63. The molecule has 136 valence electrons. The van der Waals surface area contributed by atoms with Crippen LogP contribution in [0.1, 0.15) is 42.5 Å². The zero-order valence-electron chi connectivity index (χ0n) is 15.8.